The Kier molecular flexibility index (Phi) is 5.88. The molecule has 0 aromatic heterocycles. The molecule has 0 radical (unpaired) electrons. The number of halogens is 1. The van der Waals surface area contributed by atoms with Gasteiger partial charge in [0.15, 0.2) is 5.78 Å². The Morgan fingerprint density at radius 1 is 1.13 bits per heavy atom. The average Bonchev–Trinajstić information content (AvgIpc) is 2.55. The molecule has 1 N–H and O–H groups in total. The Hall–Kier alpha value is -2.66. The summed E-state index contributed by atoms with van der Waals surface area (Å²) in [4.78, 5) is 11.8. The number of carbonyl (C=O) groups is 1. The normalized spacial score (nSPS) is 11.5. The molecule has 5 nitrogen and oxygen atoms in total. The zero-order chi connectivity index (χ0) is 16.7. The second-order valence-electron chi connectivity index (χ2n) is 4.79. The van der Waals surface area contributed by atoms with Crippen molar-refractivity contribution in [1.29, 1.82) is 0 Å². The summed E-state index contributed by atoms with van der Waals surface area (Å²) in [5, 5.41) is 10.4. The molecule has 2 aromatic carbocycles. The average molecular weight is 329 g/mol. The summed E-state index contributed by atoms with van der Waals surface area (Å²) in [5.74, 6) is 0.00584. The van der Waals surface area contributed by atoms with Gasteiger partial charge < -0.3 is 0 Å². The summed E-state index contributed by atoms with van der Waals surface area (Å²) in [6, 6.07) is 16.6. The molecule has 0 amide bonds. The van der Waals surface area contributed by atoms with E-state index in [0.717, 1.165) is 11.3 Å². The Labute approximate surface area is 140 Å². The van der Waals surface area contributed by atoms with Crippen molar-refractivity contribution in [3.05, 3.63) is 65.2 Å². The third kappa shape index (κ3) is 5.23. The number of anilines is 1. The first-order valence-corrected chi connectivity index (χ1v) is 7.37. The molecule has 0 bridgehead atoms. The van der Waals surface area contributed by atoms with Gasteiger partial charge in [-0.1, -0.05) is 41.9 Å². The monoisotopic (exact) mass is 328 g/mol. The highest BCUT2D eigenvalue weighted by atomic mass is 35.5. The van der Waals surface area contributed by atoms with Gasteiger partial charge in [0.05, 0.1) is 11.9 Å². The van der Waals surface area contributed by atoms with E-state index in [0.29, 0.717) is 5.02 Å². The number of Topliss-reactive ketones (excluding diaryl/α,β-unsaturated/α-hetero) is 1. The molecule has 118 valence electrons. The van der Waals surface area contributed by atoms with Crippen LogP contribution in [0.4, 0.5) is 5.69 Å². The van der Waals surface area contributed by atoms with Gasteiger partial charge in [0.2, 0.25) is 5.84 Å². The van der Waals surface area contributed by atoms with Gasteiger partial charge in [-0.25, -0.2) is 5.01 Å². The van der Waals surface area contributed by atoms with Crippen molar-refractivity contribution in [3.8, 4) is 0 Å². The van der Waals surface area contributed by atoms with Gasteiger partial charge in [-0.15, -0.1) is 0 Å². The second-order valence-corrected chi connectivity index (χ2v) is 5.23. The van der Waals surface area contributed by atoms with Crippen LogP contribution in [0.5, 0.6) is 0 Å². The number of amidine groups is 1. The number of ketones is 1. The van der Waals surface area contributed by atoms with Crippen LogP contribution in [0.15, 0.2) is 64.8 Å². The SMILES string of the molecule is CC(=O)/C(=N/Nc1ccc(Cl)cc1)N(C)/N=C/c1ccccc1. The predicted molar refractivity (Wildman–Crippen MR) is 95.0 cm³/mol. The quantitative estimate of drug-likeness (QED) is 0.518. The fourth-order valence-corrected chi connectivity index (χ4v) is 1.89. The lowest BCUT2D eigenvalue weighted by Gasteiger charge is -2.13. The van der Waals surface area contributed by atoms with E-state index in [1.807, 2.05) is 30.3 Å². The van der Waals surface area contributed by atoms with Crippen molar-refractivity contribution in [3.63, 3.8) is 0 Å². The van der Waals surface area contributed by atoms with Crippen LogP contribution in [0.2, 0.25) is 5.02 Å². The van der Waals surface area contributed by atoms with E-state index in [2.05, 4.69) is 15.6 Å². The molecular formula is C17H17ClN4O. The number of hydrazone groups is 2. The fourth-order valence-electron chi connectivity index (χ4n) is 1.77. The molecule has 0 aliphatic heterocycles. The molecule has 6 heteroatoms. The minimum atomic E-state index is -0.195. The van der Waals surface area contributed by atoms with Gasteiger partial charge in [-0.2, -0.15) is 10.2 Å². The van der Waals surface area contributed by atoms with Crippen molar-refractivity contribution in [2.45, 2.75) is 6.92 Å². The van der Waals surface area contributed by atoms with Gasteiger partial charge in [0, 0.05) is 19.0 Å². The zero-order valence-corrected chi connectivity index (χ0v) is 13.7. The molecule has 0 saturated carbocycles. The van der Waals surface area contributed by atoms with Gasteiger partial charge in [0.25, 0.3) is 0 Å². The molecule has 2 rings (SSSR count). The molecule has 23 heavy (non-hydrogen) atoms. The van der Waals surface area contributed by atoms with Crippen LogP contribution in [-0.4, -0.2) is 29.9 Å². The van der Waals surface area contributed by atoms with Crippen LogP contribution in [0.25, 0.3) is 0 Å². The number of nitrogens with one attached hydrogen (secondary N) is 1. The number of nitrogens with zero attached hydrogens (tertiary/aromatic N) is 3. The van der Waals surface area contributed by atoms with E-state index in [1.165, 1.54) is 11.9 Å². The zero-order valence-electron chi connectivity index (χ0n) is 12.9. The second kappa shape index (κ2) is 8.10. The highest BCUT2D eigenvalue weighted by Gasteiger charge is 2.11. The first-order valence-electron chi connectivity index (χ1n) is 6.99. The Bertz CT molecular complexity index is 711. The summed E-state index contributed by atoms with van der Waals surface area (Å²) in [6.45, 7) is 1.44. The maximum Gasteiger partial charge on any atom is 0.211 e. The summed E-state index contributed by atoms with van der Waals surface area (Å²) < 4.78 is 0. The summed E-state index contributed by atoms with van der Waals surface area (Å²) >= 11 is 5.83. The van der Waals surface area contributed by atoms with E-state index in [9.17, 15) is 4.79 Å². The largest absolute Gasteiger partial charge is 0.291 e. The first kappa shape index (κ1) is 16.7. The predicted octanol–water partition coefficient (Wildman–Crippen LogP) is 3.62. The maximum absolute atomic E-state index is 11.8. The molecule has 0 aliphatic carbocycles. The molecule has 0 spiro atoms. The van der Waals surface area contributed by atoms with Gasteiger partial charge in [-0.05, 0) is 29.8 Å². The highest BCUT2D eigenvalue weighted by Crippen LogP contribution is 2.13. The minimum absolute atomic E-state index is 0.195. The molecule has 0 aliphatic rings. The van der Waals surface area contributed by atoms with E-state index in [4.69, 9.17) is 11.6 Å². The summed E-state index contributed by atoms with van der Waals surface area (Å²) in [7, 11) is 1.67. The number of hydrogen-bond acceptors (Lipinski definition) is 4. The smallest absolute Gasteiger partial charge is 0.211 e. The van der Waals surface area contributed by atoms with Gasteiger partial charge in [0.1, 0.15) is 0 Å². The third-order valence-corrected chi connectivity index (χ3v) is 3.19. The van der Waals surface area contributed by atoms with Crippen molar-refractivity contribution in [2.24, 2.45) is 10.2 Å². The standard InChI is InChI=1S/C17H17ClN4O/c1-13(23)17(21-20-16-10-8-15(18)9-11-16)22(2)19-12-14-6-4-3-5-7-14/h3-12,20H,1-2H3/b19-12+,21-17-. The third-order valence-electron chi connectivity index (χ3n) is 2.94. The Morgan fingerprint density at radius 3 is 2.39 bits per heavy atom. The van der Waals surface area contributed by atoms with Crippen molar-refractivity contribution in [1.82, 2.24) is 5.01 Å². The Morgan fingerprint density at radius 2 is 1.78 bits per heavy atom. The lowest BCUT2D eigenvalue weighted by Crippen LogP contribution is -2.29. The Balaban J connectivity index is 2.10. The summed E-state index contributed by atoms with van der Waals surface area (Å²) in [6.07, 6.45) is 1.67. The van der Waals surface area contributed by atoms with Crippen LogP contribution in [0.1, 0.15) is 12.5 Å². The lowest BCUT2D eigenvalue weighted by atomic mass is 10.2. The first-order chi connectivity index (χ1) is 11.1. The van der Waals surface area contributed by atoms with Crippen LogP contribution in [0.3, 0.4) is 0 Å². The maximum atomic E-state index is 11.8. The topological polar surface area (TPSA) is 57.1 Å². The fraction of sp³-hybridized carbons (Fsp3) is 0.118. The molecule has 0 fully saturated rings. The molecule has 2 aromatic rings. The number of carbonyl (C=O) groups excluding carboxylic acids is 1. The van der Waals surface area contributed by atoms with Crippen molar-refractivity contribution < 1.29 is 4.79 Å². The molecule has 0 unspecified atom stereocenters. The van der Waals surface area contributed by atoms with Crippen LogP contribution in [0, 0.1) is 0 Å². The van der Waals surface area contributed by atoms with E-state index >= 15 is 0 Å². The highest BCUT2D eigenvalue weighted by molar-refractivity contribution is 6.37. The van der Waals surface area contributed by atoms with Crippen LogP contribution >= 0.6 is 11.6 Å². The molecular weight excluding hydrogens is 312 g/mol. The van der Waals surface area contributed by atoms with Crippen LogP contribution in [-0.2, 0) is 4.79 Å². The summed E-state index contributed by atoms with van der Waals surface area (Å²) in [5.41, 5.74) is 4.49. The van der Waals surface area contributed by atoms with E-state index < -0.39 is 0 Å². The number of likely N-dealkylation sites (N-methyl/N-ethyl adjacent to an activating group) is 1. The minimum Gasteiger partial charge on any atom is -0.291 e. The molecule has 0 atom stereocenters. The van der Waals surface area contributed by atoms with Crippen LogP contribution < -0.4 is 5.43 Å². The molecule has 0 saturated heterocycles. The lowest BCUT2D eigenvalue weighted by molar-refractivity contribution is -0.111. The van der Waals surface area contributed by atoms with E-state index in [-0.39, 0.29) is 11.6 Å². The van der Waals surface area contributed by atoms with E-state index in [1.54, 1.807) is 37.5 Å². The van der Waals surface area contributed by atoms with Crippen molar-refractivity contribution >= 4 is 35.1 Å². The number of rotatable bonds is 5. The number of hydrogen-bond donors (Lipinski definition) is 1. The van der Waals surface area contributed by atoms with Gasteiger partial charge >= 0.3 is 0 Å². The van der Waals surface area contributed by atoms with Gasteiger partial charge in [-0.3, -0.25) is 10.2 Å². The van der Waals surface area contributed by atoms with Crippen molar-refractivity contribution in [2.75, 3.05) is 12.5 Å². The number of benzene rings is 2. The molecule has 0 heterocycles.